The number of urea groups is 1. The van der Waals surface area contributed by atoms with Crippen molar-refractivity contribution in [3.05, 3.63) is 82.7 Å². The van der Waals surface area contributed by atoms with Gasteiger partial charge in [0.2, 0.25) is 6.79 Å². The Labute approximate surface area is 238 Å². The van der Waals surface area contributed by atoms with Gasteiger partial charge in [0.05, 0.1) is 23.4 Å². The summed E-state index contributed by atoms with van der Waals surface area (Å²) in [5.74, 6) is -1.02. The molecule has 3 aromatic rings. The van der Waals surface area contributed by atoms with Crippen molar-refractivity contribution in [1.29, 1.82) is 5.26 Å². The molecule has 11 nitrogen and oxygen atoms in total. The molecule has 0 bridgehead atoms. The fraction of sp³-hybridized carbons (Fsp3) is 0.233. The van der Waals surface area contributed by atoms with Crippen molar-refractivity contribution in [1.82, 2.24) is 5.32 Å². The Hall–Kier alpha value is -5.44. The van der Waals surface area contributed by atoms with Gasteiger partial charge in [-0.1, -0.05) is 12.1 Å². The number of nitrogens with zero attached hydrogens (tertiary/aromatic N) is 2. The quantitative estimate of drug-likeness (QED) is 0.406. The molecule has 3 aliphatic heterocycles. The van der Waals surface area contributed by atoms with E-state index in [1.54, 1.807) is 24.3 Å². The van der Waals surface area contributed by atoms with Crippen LogP contribution in [0, 0.1) is 23.1 Å². The van der Waals surface area contributed by atoms with Crippen LogP contribution in [-0.2, 0) is 27.4 Å². The second-order valence-corrected chi connectivity index (χ2v) is 9.86. The summed E-state index contributed by atoms with van der Waals surface area (Å²) < 4.78 is 35.8. The van der Waals surface area contributed by atoms with E-state index >= 15 is 0 Å². The average molecular weight is 571 g/mol. The van der Waals surface area contributed by atoms with Gasteiger partial charge in [-0.15, -0.1) is 0 Å². The number of benzene rings is 3. The van der Waals surface area contributed by atoms with Gasteiger partial charge in [0.25, 0.3) is 5.91 Å². The van der Waals surface area contributed by atoms with Crippen LogP contribution >= 0.6 is 0 Å². The number of ether oxygens (including phenoxy) is 4. The molecule has 3 amide bonds. The molecule has 0 aromatic heterocycles. The summed E-state index contributed by atoms with van der Waals surface area (Å²) in [5, 5.41) is 14.6. The number of esters is 1. The molecule has 0 fully saturated rings. The first-order valence-corrected chi connectivity index (χ1v) is 13.1. The number of hydrogen-bond acceptors (Lipinski definition) is 8. The molecule has 0 spiro atoms. The summed E-state index contributed by atoms with van der Waals surface area (Å²) in [5.41, 5.74) is 2.48. The molecule has 0 radical (unpaired) electrons. The number of halogens is 1. The number of fused-ring (bicyclic) bond motifs is 2. The largest absolute Gasteiger partial charge is 0.482 e. The number of nitriles is 1. The zero-order valence-electron chi connectivity index (χ0n) is 22.0. The third-order valence-corrected chi connectivity index (χ3v) is 7.04. The molecule has 12 heteroatoms. The molecule has 0 aliphatic carbocycles. The van der Waals surface area contributed by atoms with Gasteiger partial charge in [0, 0.05) is 5.71 Å². The number of carbonyl (C=O) groups is 3. The zero-order valence-corrected chi connectivity index (χ0v) is 22.0. The lowest BCUT2D eigenvalue weighted by Gasteiger charge is -2.32. The number of aliphatic imine (C=N–C) groups is 1. The van der Waals surface area contributed by atoms with Crippen LogP contribution < -0.4 is 24.8 Å². The van der Waals surface area contributed by atoms with Gasteiger partial charge in [-0.25, -0.2) is 14.2 Å². The highest BCUT2D eigenvalue weighted by molar-refractivity contribution is 6.09. The first-order valence-electron chi connectivity index (χ1n) is 13.1. The predicted molar refractivity (Wildman–Crippen MR) is 145 cm³/mol. The van der Waals surface area contributed by atoms with Crippen molar-refractivity contribution in [3.63, 3.8) is 0 Å². The molecule has 6 rings (SSSR count). The summed E-state index contributed by atoms with van der Waals surface area (Å²) in [6.07, 6.45) is 0.676. The minimum Gasteiger partial charge on any atom is -0.482 e. The lowest BCUT2D eigenvalue weighted by Crippen LogP contribution is -2.45. The number of rotatable bonds is 7. The lowest BCUT2D eigenvalue weighted by molar-refractivity contribution is -0.148. The summed E-state index contributed by atoms with van der Waals surface area (Å²) in [6.45, 7) is -0.285. The first kappa shape index (κ1) is 26.8. The molecule has 2 atom stereocenters. The highest BCUT2D eigenvalue weighted by atomic mass is 19.1. The Bertz CT molecular complexity index is 1680. The van der Waals surface area contributed by atoms with E-state index in [9.17, 15) is 18.8 Å². The van der Waals surface area contributed by atoms with Gasteiger partial charge in [0.15, 0.2) is 18.1 Å². The minimum atomic E-state index is -1.04. The van der Waals surface area contributed by atoms with Gasteiger partial charge in [-0.2, -0.15) is 5.26 Å². The predicted octanol–water partition coefficient (Wildman–Crippen LogP) is 3.95. The summed E-state index contributed by atoms with van der Waals surface area (Å²) >= 11 is 0. The molecule has 2 unspecified atom stereocenters. The number of aryl methyl sites for hydroxylation is 1. The van der Waals surface area contributed by atoms with Gasteiger partial charge < -0.3 is 29.6 Å². The van der Waals surface area contributed by atoms with E-state index < -0.39 is 29.8 Å². The van der Waals surface area contributed by atoms with Crippen LogP contribution in [-0.4, -0.2) is 37.0 Å². The van der Waals surface area contributed by atoms with E-state index in [4.69, 9.17) is 24.2 Å². The van der Waals surface area contributed by atoms with E-state index in [-0.39, 0.29) is 37.9 Å². The minimum absolute atomic E-state index is 0.0909. The van der Waals surface area contributed by atoms with Crippen molar-refractivity contribution in [2.24, 2.45) is 10.9 Å². The highest BCUT2D eigenvalue weighted by Crippen LogP contribution is 2.37. The molecule has 42 heavy (non-hydrogen) atoms. The van der Waals surface area contributed by atoms with E-state index in [1.807, 2.05) is 18.2 Å². The third kappa shape index (κ3) is 5.57. The van der Waals surface area contributed by atoms with Crippen LogP contribution in [0.15, 0.2) is 59.6 Å². The lowest BCUT2D eigenvalue weighted by atomic mass is 9.85. The van der Waals surface area contributed by atoms with Crippen LogP contribution in [0.5, 0.6) is 17.2 Å². The number of nitrogens with one attached hydrogen (secondary N) is 2. The molecule has 3 aliphatic rings. The van der Waals surface area contributed by atoms with Gasteiger partial charge in [-0.3, -0.25) is 9.59 Å². The van der Waals surface area contributed by atoms with Crippen molar-refractivity contribution in [2.75, 3.05) is 18.7 Å². The Balaban J connectivity index is 1.29. The van der Waals surface area contributed by atoms with Crippen molar-refractivity contribution in [3.8, 4) is 23.3 Å². The molecular weight excluding hydrogens is 547 g/mol. The Morgan fingerprint density at radius 3 is 2.69 bits per heavy atom. The average Bonchev–Trinajstić information content (AvgIpc) is 3.46. The third-order valence-electron chi connectivity index (χ3n) is 7.04. The molecule has 0 saturated carbocycles. The van der Waals surface area contributed by atoms with Crippen LogP contribution in [0.4, 0.5) is 14.9 Å². The summed E-state index contributed by atoms with van der Waals surface area (Å²) in [6, 6.07) is 14.5. The highest BCUT2D eigenvalue weighted by Gasteiger charge is 2.40. The SMILES string of the molecule is N#Cc1cc(F)cc(COC(=O)C2C(CCc3ccc4c(c3)OCO4)=NC(=O)NC2c2ccc3c(c2)NC(=O)CO3)c1. The molecule has 3 aromatic carbocycles. The smallest absolute Gasteiger partial charge is 0.341 e. The molecule has 212 valence electrons. The van der Waals surface area contributed by atoms with E-state index in [1.165, 1.54) is 12.1 Å². The van der Waals surface area contributed by atoms with Crippen molar-refractivity contribution >= 4 is 29.3 Å². The molecule has 3 heterocycles. The standard InChI is InChI=1S/C30H23FN4O7/c31-20-8-17(12-32)7-18(9-20)13-40-29(37)27-21(4-1-16-2-5-24-25(10-16)42-15-41-24)34-30(38)35-28(27)19-3-6-23-22(11-19)33-26(36)14-39-23/h2-3,5-11,27-28H,1,4,13-15H2,(H,33,36)(H,35,38). The molecular formula is C30H23FN4O7. The number of anilines is 1. The fourth-order valence-electron chi connectivity index (χ4n) is 5.11. The first-order chi connectivity index (χ1) is 20.4. The van der Waals surface area contributed by atoms with E-state index in [0.29, 0.717) is 46.2 Å². The van der Waals surface area contributed by atoms with Crippen LogP contribution in [0.3, 0.4) is 0 Å². The Morgan fingerprint density at radius 2 is 1.83 bits per heavy atom. The van der Waals surface area contributed by atoms with Crippen molar-refractivity contribution < 1.29 is 37.7 Å². The van der Waals surface area contributed by atoms with Gasteiger partial charge >= 0.3 is 12.0 Å². The molecule has 2 N–H and O–H groups in total. The maximum atomic E-state index is 14.0. The van der Waals surface area contributed by atoms with Gasteiger partial charge in [-0.05, 0) is 72.0 Å². The summed E-state index contributed by atoms with van der Waals surface area (Å²) in [7, 11) is 0. The Kier molecular flexibility index (Phi) is 7.14. The zero-order chi connectivity index (χ0) is 29.2. The normalized spacial score (nSPS) is 18.5. The van der Waals surface area contributed by atoms with Crippen LogP contribution in [0.1, 0.15) is 34.7 Å². The van der Waals surface area contributed by atoms with Crippen LogP contribution in [0.2, 0.25) is 0 Å². The Morgan fingerprint density at radius 1 is 1.00 bits per heavy atom. The maximum Gasteiger partial charge on any atom is 0.341 e. The van der Waals surface area contributed by atoms with Crippen LogP contribution in [0.25, 0.3) is 0 Å². The number of carbonyl (C=O) groups excluding carboxylic acids is 3. The second kappa shape index (κ2) is 11.2. The van der Waals surface area contributed by atoms with E-state index in [0.717, 1.165) is 11.6 Å². The molecule has 0 saturated heterocycles. The number of amides is 3. The summed E-state index contributed by atoms with van der Waals surface area (Å²) in [4.78, 5) is 42.5. The monoisotopic (exact) mass is 570 g/mol. The van der Waals surface area contributed by atoms with Gasteiger partial charge in [0.1, 0.15) is 24.1 Å². The fourth-order valence-corrected chi connectivity index (χ4v) is 5.11. The maximum absolute atomic E-state index is 14.0. The second-order valence-electron chi connectivity index (χ2n) is 9.86. The topological polar surface area (TPSA) is 148 Å². The van der Waals surface area contributed by atoms with Crippen molar-refractivity contribution in [2.45, 2.75) is 25.5 Å². The van der Waals surface area contributed by atoms with E-state index in [2.05, 4.69) is 15.6 Å². The number of hydrogen-bond donors (Lipinski definition) is 2.